The van der Waals surface area contributed by atoms with Crippen molar-refractivity contribution in [2.24, 2.45) is 0 Å². The molecule has 0 aliphatic carbocycles. The summed E-state index contributed by atoms with van der Waals surface area (Å²) < 4.78 is 12.4. The first-order chi connectivity index (χ1) is 7.18. The maximum Gasteiger partial charge on any atom is 0.102 e. The topological polar surface area (TPSA) is 6.48 Å². The van der Waals surface area contributed by atoms with Gasteiger partial charge in [-0.3, -0.25) is 9.80 Å². The van der Waals surface area contributed by atoms with E-state index in [4.69, 9.17) is 0 Å². The summed E-state index contributed by atoms with van der Waals surface area (Å²) in [6.07, 6.45) is 1.13. The summed E-state index contributed by atoms with van der Waals surface area (Å²) in [4.78, 5) is 4.70. The van der Waals surface area contributed by atoms with E-state index in [1.54, 1.807) is 0 Å². The minimum atomic E-state index is -0.247. The number of nitrogens with zero attached hydrogens (tertiary/aromatic N) is 2. The number of hydrogen-bond acceptors (Lipinski definition) is 2. The van der Waals surface area contributed by atoms with Crippen LogP contribution < -0.4 is 0 Å². The van der Waals surface area contributed by atoms with Gasteiger partial charge in [0.2, 0.25) is 0 Å². The molecule has 0 amide bonds. The molecule has 0 bridgehead atoms. The third-order valence-corrected chi connectivity index (χ3v) is 3.73. The van der Waals surface area contributed by atoms with Gasteiger partial charge >= 0.3 is 0 Å². The Hall–Kier alpha value is -0.150. The van der Waals surface area contributed by atoms with Crippen LogP contribution >= 0.6 is 0 Å². The van der Waals surface area contributed by atoms with Crippen molar-refractivity contribution in [1.29, 1.82) is 0 Å². The molecule has 1 rings (SSSR count). The lowest BCUT2D eigenvalue weighted by molar-refractivity contribution is 0.0658. The largest absolute Gasteiger partial charge is 0.299 e. The van der Waals surface area contributed by atoms with E-state index >= 15 is 0 Å². The minimum absolute atomic E-state index is 0.189. The van der Waals surface area contributed by atoms with Crippen LogP contribution in [0.2, 0.25) is 0 Å². The van der Waals surface area contributed by atoms with E-state index in [1.807, 2.05) is 7.05 Å². The second-order valence-electron chi connectivity index (χ2n) is 6.62. The highest BCUT2D eigenvalue weighted by molar-refractivity contribution is 5.01. The summed E-state index contributed by atoms with van der Waals surface area (Å²) >= 11 is 0. The average Bonchev–Trinajstić information content (AvgIpc) is 2.41. The SMILES string of the molecule is CN(CCF)[C@@H]1CN(C(C)(C)C)C(C)(C)C1. The molecule has 16 heavy (non-hydrogen) atoms. The molecule has 0 unspecified atom stereocenters. The predicted octanol–water partition coefficient (Wildman–Crippen LogP) is 2.54. The molecule has 1 saturated heterocycles. The fraction of sp³-hybridized carbons (Fsp3) is 1.00. The van der Waals surface area contributed by atoms with Gasteiger partial charge in [-0.2, -0.15) is 0 Å². The lowest BCUT2D eigenvalue weighted by Crippen LogP contribution is -2.50. The Bertz CT molecular complexity index is 233. The summed E-state index contributed by atoms with van der Waals surface area (Å²) in [7, 11) is 2.03. The Morgan fingerprint density at radius 2 is 1.94 bits per heavy atom. The van der Waals surface area contributed by atoms with E-state index in [0.29, 0.717) is 12.6 Å². The predicted molar refractivity (Wildman–Crippen MR) is 67.5 cm³/mol. The van der Waals surface area contributed by atoms with Gasteiger partial charge in [0.1, 0.15) is 6.67 Å². The minimum Gasteiger partial charge on any atom is -0.299 e. The normalized spacial score (nSPS) is 26.6. The molecule has 0 aromatic heterocycles. The molecule has 0 spiro atoms. The van der Waals surface area contributed by atoms with E-state index in [2.05, 4.69) is 44.4 Å². The van der Waals surface area contributed by atoms with Gasteiger partial charge in [-0.1, -0.05) is 0 Å². The smallest absolute Gasteiger partial charge is 0.102 e. The number of hydrogen-bond donors (Lipinski definition) is 0. The van der Waals surface area contributed by atoms with Crippen molar-refractivity contribution < 1.29 is 4.39 Å². The van der Waals surface area contributed by atoms with Gasteiger partial charge in [0.05, 0.1) is 0 Å². The van der Waals surface area contributed by atoms with Crippen molar-refractivity contribution in [2.45, 2.75) is 58.2 Å². The summed E-state index contributed by atoms with van der Waals surface area (Å²) in [5.74, 6) is 0. The lowest BCUT2D eigenvalue weighted by Gasteiger charge is -2.42. The van der Waals surface area contributed by atoms with Crippen LogP contribution in [-0.4, -0.2) is 53.7 Å². The van der Waals surface area contributed by atoms with Gasteiger partial charge in [-0.15, -0.1) is 0 Å². The molecule has 0 aromatic rings. The molecule has 1 aliphatic rings. The third-order valence-electron chi connectivity index (χ3n) is 3.73. The van der Waals surface area contributed by atoms with Crippen LogP contribution in [0, 0.1) is 0 Å². The molecule has 0 saturated carbocycles. The van der Waals surface area contributed by atoms with Crippen molar-refractivity contribution in [2.75, 3.05) is 26.8 Å². The van der Waals surface area contributed by atoms with Crippen LogP contribution in [0.1, 0.15) is 41.0 Å². The fourth-order valence-electron chi connectivity index (χ4n) is 3.00. The molecular formula is C13H27FN2. The first-order valence-corrected chi connectivity index (χ1v) is 6.22. The Kier molecular flexibility index (Phi) is 4.01. The van der Waals surface area contributed by atoms with Crippen LogP contribution in [0.3, 0.4) is 0 Å². The third kappa shape index (κ3) is 2.95. The standard InChI is InChI=1S/C13H27FN2/c1-12(2,3)16-10-11(9-13(16,4)5)15(6)8-7-14/h11H,7-10H2,1-6H3/t11-/m0/s1. The second kappa shape index (κ2) is 4.61. The highest BCUT2D eigenvalue weighted by Crippen LogP contribution is 2.36. The van der Waals surface area contributed by atoms with Crippen molar-refractivity contribution in [3.63, 3.8) is 0 Å². The number of likely N-dealkylation sites (N-methyl/N-ethyl adjacent to an activating group) is 1. The van der Waals surface area contributed by atoms with Crippen LogP contribution in [0.25, 0.3) is 0 Å². The number of alkyl halides is 1. The maximum absolute atomic E-state index is 12.4. The molecule has 0 N–H and O–H groups in total. The van der Waals surface area contributed by atoms with Crippen molar-refractivity contribution in [3.05, 3.63) is 0 Å². The number of rotatable bonds is 3. The average molecular weight is 230 g/mol. The van der Waals surface area contributed by atoms with Crippen LogP contribution in [-0.2, 0) is 0 Å². The monoisotopic (exact) mass is 230 g/mol. The molecule has 1 heterocycles. The molecule has 3 heteroatoms. The number of halogens is 1. The van der Waals surface area contributed by atoms with Crippen molar-refractivity contribution in [1.82, 2.24) is 9.80 Å². The Morgan fingerprint density at radius 3 is 2.31 bits per heavy atom. The maximum atomic E-state index is 12.4. The van der Waals surface area contributed by atoms with Gasteiger partial charge < -0.3 is 0 Å². The quantitative estimate of drug-likeness (QED) is 0.735. The van der Waals surface area contributed by atoms with E-state index in [0.717, 1.165) is 13.0 Å². The van der Waals surface area contributed by atoms with E-state index < -0.39 is 0 Å². The van der Waals surface area contributed by atoms with E-state index in [1.165, 1.54) is 0 Å². The molecule has 1 atom stereocenters. The van der Waals surface area contributed by atoms with Crippen LogP contribution in [0.4, 0.5) is 4.39 Å². The molecule has 2 nitrogen and oxygen atoms in total. The van der Waals surface area contributed by atoms with Gasteiger partial charge in [0, 0.05) is 30.2 Å². The molecule has 96 valence electrons. The van der Waals surface area contributed by atoms with Crippen LogP contribution in [0.15, 0.2) is 0 Å². The summed E-state index contributed by atoms with van der Waals surface area (Å²) in [6.45, 7) is 12.7. The van der Waals surface area contributed by atoms with Crippen molar-refractivity contribution in [3.8, 4) is 0 Å². The summed E-state index contributed by atoms with van der Waals surface area (Å²) in [6, 6.07) is 0.491. The lowest BCUT2D eigenvalue weighted by atomic mass is 9.95. The zero-order valence-corrected chi connectivity index (χ0v) is 11.7. The Labute approximate surface area is 99.8 Å². The summed E-state index contributed by atoms with van der Waals surface area (Å²) in [5.41, 5.74) is 0.405. The molecule has 0 radical (unpaired) electrons. The van der Waals surface area contributed by atoms with Crippen LogP contribution in [0.5, 0.6) is 0 Å². The number of likely N-dealkylation sites (tertiary alicyclic amines) is 1. The molecule has 1 aliphatic heterocycles. The molecule has 0 aromatic carbocycles. The van der Waals surface area contributed by atoms with Gasteiger partial charge in [-0.05, 0) is 48.1 Å². The molecular weight excluding hydrogens is 203 g/mol. The Morgan fingerprint density at radius 1 is 1.38 bits per heavy atom. The summed E-state index contributed by atoms with van der Waals surface area (Å²) in [5, 5.41) is 0. The zero-order valence-electron chi connectivity index (χ0n) is 11.7. The zero-order chi connectivity index (χ0) is 12.6. The highest BCUT2D eigenvalue weighted by Gasteiger charge is 2.44. The fourth-order valence-corrected chi connectivity index (χ4v) is 3.00. The second-order valence-corrected chi connectivity index (χ2v) is 6.62. The molecule has 1 fully saturated rings. The van der Waals surface area contributed by atoms with E-state index in [-0.39, 0.29) is 17.8 Å². The Balaban J connectivity index is 2.72. The highest BCUT2D eigenvalue weighted by atomic mass is 19.1. The van der Waals surface area contributed by atoms with E-state index in [9.17, 15) is 4.39 Å². The van der Waals surface area contributed by atoms with Gasteiger partial charge in [0.25, 0.3) is 0 Å². The first-order valence-electron chi connectivity index (χ1n) is 6.22. The first kappa shape index (κ1) is 13.9. The van der Waals surface area contributed by atoms with Gasteiger partial charge in [0.15, 0.2) is 0 Å². The van der Waals surface area contributed by atoms with Crippen molar-refractivity contribution >= 4 is 0 Å². The van der Waals surface area contributed by atoms with Gasteiger partial charge in [-0.25, -0.2) is 4.39 Å².